The zero-order valence-corrected chi connectivity index (χ0v) is 7.81. The van der Waals surface area contributed by atoms with Gasteiger partial charge in [-0.05, 0) is 19.1 Å². The van der Waals surface area contributed by atoms with Gasteiger partial charge in [-0.2, -0.15) is 5.10 Å². The SMILES string of the molecule is CC1C/C(=N/n2cccc2)CCO1. The van der Waals surface area contributed by atoms with Crippen LogP contribution in [0.4, 0.5) is 0 Å². The van der Waals surface area contributed by atoms with Crippen molar-refractivity contribution in [1.29, 1.82) is 0 Å². The Kier molecular flexibility index (Phi) is 2.45. The summed E-state index contributed by atoms with van der Waals surface area (Å²) >= 11 is 0. The molecule has 0 radical (unpaired) electrons. The van der Waals surface area contributed by atoms with E-state index in [1.807, 2.05) is 29.2 Å². The molecule has 0 amide bonds. The van der Waals surface area contributed by atoms with Gasteiger partial charge in [-0.15, -0.1) is 0 Å². The maximum absolute atomic E-state index is 5.44. The molecule has 3 nitrogen and oxygen atoms in total. The Labute approximate surface area is 78.0 Å². The van der Waals surface area contributed by atoms with Gasteiger partial charge in [-0.25, -0.2) is 4.68 Å². The highest BCUT2D eigenvalue weighted by Crippen LogP contribution is 2.10. The molecule has 0 N–H and O–H groups in total. The van der Waals surface area contributed by atoms with E-state index in [2.05, 4.69) is 12.0 Å². The van der Waals surface area contributed by atoms with Crippen molar-refractivity contribution in [3.63, 3.8) is 0 Å². The Morgan fingerprint density at radius 3 is 2.92 bits per heavy atom. The van der Waals surface area contributed by atoms with Gasteiger partial charge in [-0.3, -0.25) is 0 Å². The molecule has 0 aliphatic carbocycles. The van der Waals surface area contributed by atoms with Crippen molar-refractivity contribution in [3.8, 4) is 0 Å². The minimum absolute atomic E-state index is 0.322. The average molecular weight is 178 g/mol. The van der Waals surface area contributed by atoms with E-state index in [1.54, 1.807) is 0 Å². The summed E-state index contributed by atoms with van der Waals surface area (Å²) in [6, 6.07) is 3.96. The molecule has 0 spiro atoms. The van der Waals surface area contributed by atoms with Gasteiger partial charge < -0.3 is 4.74 Å². The summed E-state index contributed by atoms with van der Waals surface area (Å²) in [5, 5.41) is 4.48. The van der Waals surface area contributed by atoms with Crippen LogP contribution in [-0.2, 0) is 4.74 Å². The number of ether oxygens (including phenoxy) is 1. The predicted octanol–water partition coefficient (Wildman–Crippen LogP) is 1.89. The molecule has 13 heavy (non-hydrogen) atoms. The van der Waals surface area contributed by atoms with Gasteiger partial charge in [0.25, 0.3) is 0 Å². The van der Waals surface area contributed by atoms with Gasteiger partial charge in [0.2, 0.25) is 0 Å². The third-order valence-corrected chi connectivity index (χ3v) is 2.16. The van der Waals surface area contributed by atoms with Gasteiger partial charge in [0.05, 0.1) is 12.7 Å². The Hall–Kier alpha value is -1.09. The fraction of sp³-hybridized carbons (Fsp3) is 0.500. The Morgan fingerprint density at radius 1 is 1.46 bits per heavy atom. The van der Waals surface area contributed by atoms with Crippen LogP contribution < -0.4 is 0 Å². The van der Waals surface area contributed by atoms with Gasteiger partial charge in [0.1, 0.15) is 0 Å². The Bertz CT molecular complexity index is 290. The number of aromatic nitrogens is 1. The smallest absolute Gasteiger partial charge is 0.0599 e. The highest BCUT2D eigenvalue weighted by Gasteiger charge is 2.13. The molecule has 2 rings (SSSR count). The van der Waals surface area contributed by atoms with Crippen LogP contribution in [0.3, 0.4) is 0 Å². The van der Waals surface area contributed by atoms with E-state index in [0.29, 0.717) is 6.10 Å². The second kappa shape index (κ2) is 3.75. The summed E-state index contributed by atoms with van der Waals surface area (Å²) in [6.07, 6.45) is 6.14. The maximum atomic E-state index is 5.44. The lowest BCUT2D eigenvalue weighted by Gasteiger charge is -2.20. The molecule has 1 atom stereocenters. The molecule has 1 fully saturated rings. The molecular weight excluding hydrogens is 164 g/mol. The van der Waals surface area contributed by atoms with E-state index in [9.17, 15) is 0 Å². The fourth-order valence-corrected chi connectivity index (χ4v) is 1.52. The second-order valence-electron chi connectivity index (χ2n) is 3.36. The molecule has 0 saturated carbocycles. The number of hydrogen-bond acceptors (Lipinski definition) is 2. The molecular formula is C10H14N2O. The van der Waals surface area contributed by atoms with Crippen molar-refractivity contribution in [3.05, 3.63) is 24.5 Å². The van der Waals surface area contributed by atoms with Crippen LogP contribution in [0.2, 0.25) is 0 Å². The summed E-state index contributed by atoms with van der Waals surface area (Å²) in [4.78, 5) is 0. The zero-order valence-electron chi connectivity index (χ0n) is 7.81. The summed E-state index contributed by atoms with van der Waals surface area (Å²) < 4.78 is 7.29. The molecule has 3 heteroatoms. The molecule has 0 bridgehead atoms. The van der Waals surface area contributed by atoms with Crippen molar-refractivity contribution in [2.75, 3.05) is 6.61 Å². The van der Waals surface area contributed by atoms with Crippen LogP contribution in [0.1, 0.15) is 19.8 Å². The van der Waals surface area contributed by atoms with Crippen molar-refractivity contribution < 1.29 is 4.74 Å². The van der Waals surface area contributed by atoms with Gasteiger partial charge >= 0.3 is 0 Å². The lowest BCUT2D eigenvalue weighted by atomic mass is 10.1. The molecule has 1 aliphatic rings. The first kappa shape index (κ1) is 8.51. The van der Waals surface area contributed by atoms with Gasteiger partial charge in [0, 0.05) is 30.9 Å². The first-order valence-corrected chi connectivity index (χ1v) is 4.66. The topological polar surface area (TPSA) is 26.5 Å². The first-order valence-electron chi connectivity index (χ1n) is 4.66. The summed E-state index contributed by atoms with van der Waals surface area (Å²) in [5.74, 6) is 0. The second-order valence-corrected chi connectivity index (χ2v) is 3.36. The molecule has 1 aromatic rings. The van der Waals surface area contributed by atoms with E-state index in [4.69, 9.17) is 4.74 Å². The summed E-state index contributed by atoms with van der Waals surface area (Å²) in [5.41, 5.74) is 1.23. The van der Waals surface area contributed by atoms with Crippen LogP contribution >= 0.6 is 0 Å². The quantitative estimate of drug-likeness (QED) is 0.645. The summed E-state index contributed by atoms with van der Waals surface area (Å²) in [6.45, 7) is 2.89. The van der Waals surface area contributed by atoms with E-state index in [-0.39, 0.29) is 0 Å². The average Bonchev–Trinajstić information content (AvgIpc) is 2.57. The predicted molar refractivity (Wildman–Crippen MR) is 51.9 cm³/mol. The largest absolute Gasteiger partial charge is 0.378 e. The van der Waals surface area contributed by atoms with Crippen LogP contribution in [0.25, 0.3) is 0 Å². The van der Waals surface area contributed by atoms with E-state index in [1.165, 1.54) is 5.71 Å². The number of hydrogen-bond donors (Lipinski definition) is 0. The highest BCUT2D eigenvalue weighted by atomic mass is 16.5. The normalized spacial score (nSPS) is 26.5. The fourth-order valence-electron chi connectivity index (χ4n) is 1.52. The van der Waals surface area contributed by atoms with E-state index >= 15 is 0 Å². The number of rotatable bonds is 1. The monoisotopic (exact) mass is 178 g/mol. The van der Waals surface area contributed by atoms with Crippen LogP contribution in [0.15, 0.2) is 29.6 Å². The molecule has 0 aromatic carbocycles. The first-order chi connectivity index (χ1) is 6.34. The zero-order chi connectivity index (χ0) is 9.10. The number of nitrogens with zero attached hydrogens (tertiary/aromatic N) is 2. The Morgan fingerprint density at radius 2 is 2.23 bits per heavy atom. The van der Waals surface area contributed by atoms with Crippen LogP contribution in [-0.4, -0.2) is 23.1 Å². The molecule has 70 valence electrons. The van der Waals surface area contributed by atoms with Crippen molar-refractivity contribution in [1.82, 2.24) is 4.68 Å². The maximum Gasteiger partial charge on any atom is 0.0599 e. The molecule has 1 saturated heterocycles. The van der Waals surface area contributed by atoms with Gasteiger partial charge in [0.15, 0.2) is 0 Å². The molecule has 1 aliphatic heterocycles. The van der Waals surface area contributed by atoms with E-state index in [0.717, 1.165) is 19.4 Å². The van der Waals surface area contributed by atoms with E-state index < -0.39 is 0 Å². The minimum Gasteiger partial charge on any atom is -0.378 e. The third kappa shape index (κ3) is 2.18. The lowest BCUT2D eigenvalue weighted by molar-refractivity contribution is 0.0631. The lowest BCUT2D eigenvalue weighted by Crippen LogP contribution is -2.23. The molecule has 2 heterocycles. The van der Waals surface area contributed by atoms with Gasteiger partial charge in [-0.1, -0.05) is 0 Å². The van der Waals surface area contributed by atoms with Crippen molar-refractivity contribution in [2.45, 2.75) is 25.9 Å². The molecule has 1 aromatic heterocycles. The minimum atomic E-state index is 0.322. The third-order valence-electron chi connectivity index (χ3n) is 2.16. The summed E-state index contributed by atoms with van der Waals surface area (Å²) in [7, 11) is 0. The van der Waals surface area contributed by atoms with Crippen molar-refractivity contribution >= 4 is 5.71 Å². The highest BCUT2D eigenvalue weighted by molar-refractivity contribution is 5.85. The van der Waals surface area contributed by atoms with Crippen LogP contribution in [0, 0.1) is 0 Å². The standard InChI is InChI=1S/C10H14N2O/c1-9-8-10(4-7-13-9)11-12-5-2-3-6-12/h2-3,5-6,9H,4,7-8H2,1H3/b11-10+. The Balaban J connectivity index is 2.07. The van der Waals surface area contributed by atoms with Crippen molar-refractivity contribution in [2.24, 2.45) is 5.10 Å². The van der Waals surface area contributed by atoms with Crippen LogP contribution in [0.5, 0.6) is 0 Å². The molecule has 1 unspecified atom stereocenters.